The summed E-state index contributed by atoms with van der Waals surface area (Å²) in [7, 11) is 3.78. The number of ether oxygens (including phenoxy) is 1. The van der Waals surface area contributed by atoms with Crippen molar-refractivity contribution in [3.8, 4) is 5.75 Å². The zero-order valence-electron chi connectivity index (χ0n) is 17.3. The molecule has 3 rings (SSSR count). The zero-order valence-corrected chi connectivity index (χ0v) is 17.3. The first-order chi connectivity index (χ1) is 13.5. The SMILES string of the molecule is COc1ccc(C(=O)N[C@H](C)C(=O)N2CCC(C3CCN(C)CC3)CC2)cc1. The number of piperidine rings is 2. The van der Waals surface area contributed by atoms with Crippen molar-refractivity contribution in [1.29, 1.82) is 0 Å². The molecule has 1 aromatic rings. The maximum atomic E-state index is 12.8. The van der Waals surface area contributed by atoms with Crippen molar-refractivity contribution in [3.63, 3.8) is 0 Å². The van der Waals surface area contributed by atoms with Crippen LogP contribution in [0.15, 0.2) is 24.3 Å². The normalized spacial score (nSPS) is 20.6. The predicted molar refractivity (Wildman–Crippen MR) is 109 cm³/mol. The Balaban J connectivity index is 1.46. The van der Waals surface area contributed by atoms with Crippen molar-refractivity contribution in [2.75, 3.05) is 40.3 Å². The van der Waals surface area contributed by atoms with Gasteiger partial charge >= 0.3 is 0 Å². The summed E-state index contributed by atoms with van der Waals surface area (Å²) < 4.78 is 5.11. The Kier molecular flexibility index (Phi) is 6.94. The quantitative estimate of drug-likeness (QED) is 0.843. The number of benzene rings is 1. The van der Waals surface area contributed by atoms with Crippen LogP contribution < -0.4 is 10.1 Å². The molecule has 0 radical (unpaired) electrons. The summed E-state index contributed by atoms with van der Waals surface area (Å²) in [6.07, 6.45) is 4.73. The highest BCUT2D eigenvalue weighted by atomic mass is 16.5. The van der Waals surface area contributed by atoms with E-state index in [0.717, 1.165) is 37.8 Å². The van der Waals surface area contributed by atoms with E-state index in [1.165, 1.54) is 25.9 Å². The van der Waals surface area contributed by atoms with Crippen LogP contribution in [0.1, 0.15) is 43.0 Å². The molecule has 6 heteroatoms. The lowest BCUT2D eigenvalue weighted by molar-refractivity contribution is -0.134. The molecule has 0 bridgehead atoms. The molecule has 2 aliphatic heterocycles. The number of methoxy groups -OCH3 is 1. The zero-order chi connectivity index (χ0) is 20.1. The topological polar surface area (TPSA) is 61.9 Å². The van der Waals surface area contributed by atoms with Gasteiger partial charge in [-0.15, -0.1) is 0 Å². The van der Waals surface area contributed by atoms with Crippen molar-refractivity contribution in [2.24, 2.45) is 11.8 Å². The summed E-state index contributed by atoms with van der Waals surface area (Å²) in [5.41, 5.74) is 0.529. The highest BCUT2D eigenvalue weighted by molar-refractivity contribution is 5.97. The molecule has 28 heavy (non-hydrogen) atoms. The molecule has 2 saturated heterocycles. The molecule has 2 amide bonds. The fourth-order valence-corrected chi connectivity index (χ4v) is 4.45. The van der Waals surface area contributed by atoms with Crippen LogP contribution in [0.25, 0.3) is 0 Å². The lowest BCUT2D eigenvalue weighted by Crippen LogP contribution is -2.50. The monoisotopic (exact) mass is 387 g/mol. The minimum atomic E-state index is -0.519. The lowest BCUT2D eigenvalue weighted by Gasteiger charge is -2.40. The minimum absolute atomic E-state index is 0.0173. The molecule has 0 aromatic heterocycles. The van der Waals surface area contributed by atoms with E-state index in [2.05, 4.69) is 17.3 Å². The molecular weight excluding hydrogens is 354 g/mol. The Morgan fingerprint density at radius 1 is 1.00 bits per heavy atom. The van der Waals surface area contributed by atoms with Crippen molar-refractivity contribution in [2.45, 2.75) is 38.6 Å². The van der Waals surface area contributed by atoms with Gasteiger partial charge in [-0.2, -0.15) is 0 Å². The number of rotatable bonds is 5. The highest BCUT2D eigenvalue weighted by Crippen LogP contribution is 2.32. The van der Waals surface area contributed by atoms with Gasteiger partial charge in [0.1, 0.15) is 11.8 Å². The van der Waals surface area contributed by atoms with Gasteiger partial charge in [-0.25, -0.2) is 0 Å². The maximum absolute atomic E-state index is 12.8. The highest BCUT2D eigenvalue weighted by Gasteiger charge is 2.31. The standard InChI is InChI=1S/C22H33N3O3/c1-16(23-21(26)19-4-6-20(28-3)7-5-19)22(27)25-14-10-18(11-15-25)17-8-12-24(2)13-9-17/h4-7,16-18H,8-15H2,1-3H3,(H,23,26)/t16-/m1/s1. The lowest BCUT2D eigenvalue weighted by atomic mass is 9.79. The Morgan fingerprint density at radius 2 is 1.54 bits per heavy atom. The number of amides is 2. The van der Waals surface area contributed by atoms with E-state index in [4.69, 9.17) is 4.74 Å². The largest absolute Gasteiger partial charge is 0.497 e. The Hall–Kier alpha value is -2.08. The van der Waals surface area contributed by atoms with Gasteiger partial charge in [-0.1, -0.05) is 0 Å². The van der Waals surface area contributed by atoms with Crippen molar-refractivity contribution in [1.82, 2.24) is 15.1 Å². The smallest absolute Gasteiger partial charge is 0.251 e. The molecule has 0 unspecified atom stereocenters. The molecule has 2 heterocycles. The first-order valence-corrected chi connectivity index (χ1v) is 10.4. The average Bonchev–Trinajstić information content (AvgIpc) is 2.74. The molecular formula is C22H33N3O3. The van der Waals surface area contributed by atoms with Crippen LogP contribution in [0.5, 0.6) is 5.75 Å². The Morgan fingerprint density at radius 3 is 2.07 bits per heavy atom. The van der Waals surface area contributed by atoms with E-state index in [0.29, 0.717) is 11.3 Å². The molecule has 6 nitrogen and oxygen atoms in total. The third-order valence-corrected chi connectivity index (χ3v) is 6.35. The van der Waals surface area contributed by atoms with Crippen molar-refractivity contribution in [3.05, 3.63) is 29.8 Å². The van der Waals surface area contributed by atoms with E-state index in [1.807, 2.05) is 4.90 Å². The summed E-state index contributed by atoms with van der Waals surface area (Å²) in [5.74, 6) is 2.03. The predicted octanol–water partition coefficient (Wildman–Crippen LogP) is 2.39. The number of nitrogens with one attached hydrogen (secondary N) is 1. The van der Waals surface area contributed by atoms with Gasteiger partial charge in [-0.05, 0) is 88.8 Å². The van der Waals surface area contributed by atoms with Crippen molar-refractivity contribution >= 4 is 11.8 Å². The van der Waals surface area contributed by atoms with Crippen LogP contribution >= 0.6 is 0 Å². The molecule has 0 saturated carbocycles. The van der Waals surface area contributed by atoms with Crippen molar-refractivity contribution < 1.29 is 14.3 Å². The first-order valence-electron chi connectivity index (χ1n) is 10.4. The van der Waals surface area contributed by atoms with E-state index >= 15 is 0 Å². The van der Waals surface area contributed by atoms with E-state index in [9.17, 15) is 9.59 Å². The molecule has 2 aliphatic rings. The van der Waals surface area contributed by atoms with Gasteiger partial charge in [0.15, 0.2) is 0 Å². The van der Waals surface area contributed by atoms with E-state index < -0.39 is 6.04 Å². The van der Waals surface area contributed by atoms with Gasteiger partial charge in [0.2, 0.25) is 5.91 Å². The van der Waals surface area contributed by atoms with Crippen LogP contribution in [0.3, 0.4) is 0 Å². The second-order valence-corrected chi connectivity index (χ2v) is 8.23. The molecule has 1 atom stereocenters. The summed E-state index contributed by atoms with van der Waals surface area (Å²) in [4.78, 5) is 29.5. The molecule has 154 valence electrons. The third-order valence-electron chi connectivity index (χ3n) is 6.35. The fraction of sp³-hybridized carbons (Fsp3) is 0.636. The van der Waals surface area contributed by atoms with Crippen LogP contribution in [0.2, 0.25) is 0 Å². The van der Waals surface area contributed by atoms with Gasteiger partial charge in [-0.3, -0.25) is 9.59 Å². The molecule has 1 N–H and O–H groups in total. The molecule has 2 fully saturated rings. The number of hydrogen-bond donors (Lipinski definition) is 1. The Labute approximate surface area is 168 Å². The molecule has 1 aromatic carbocycles. The van der Waals surface area contributed by atoms with E-state index in [1.54, 1.807) is 38.3 Å². The molecule has 0 aliphatic carbocycles. The fourth-order valence-electron chi connectivity index (χ4n) is 4.45. The van der Waals surface area contributed by atoms with Crippen LogP contribution in [-0.4, -0.2) is 68.0 Å². The second-order valence-electron chi connectivity index (χ2n) is 8.23. The second kappa shape index (κ2) is 9.41. The van der Waals surface area contributed by atoms with Crippen LogP contribution in [-0.2, 0) is 4.79 Å². The van der Waals surface area contributed by atoms with Crippen LogP contribution in [0.4, 0.5) is 0 Å². The summed E-state index contributed by atoms with van der Waals surface area (Å²) in [5, 5.41) is 2.83. The number of nitrogens with zero attached hydrogens (tertiary/aromatic N) is 2. The van der Waals surface area contributed by atoms with Gasteiger partial charge in [0, 0.05) is 18.7 Å². The number of carbonyl (C=O) groups is 2. The minimum Gasteiger partial charge on any atom is -0.497 e. The summed E-state index contributed by atoms with van der Waals surface area (Å²) >= 11 is 0. The van der Waals surface area contributed by atoms with Crippen LogP contribution in [0, 0.1) is 11.8 Å². The third kappa shape index (κ3) is 5.04. The van der Waals surface area contributed by atoms with Gasteiger partial charge in [0.25, 0.3) is 5.91 Å². The summed E-state index contributed by atoms with van der Waals surface area (Å²) in [6, 6.07) is 6.39. The Bertz CT molecular complexity index is 660. The first kappa shape index (κ1) is 20.6. The average molecular weight is 388 g/mol. The van der Waals surface area contributed by atoms with Gasteiger partial charge < -0.3 is 19.9 Å². The number of carbonyl (C=O) groups excluding carboxylic acids is 2. The molecule has 0 spiro atoms. The maximum Gasteiger partial charge on any atom is 0.251 e. The van der Waals surface area contributed by atoms with Gasteiger partial charge in [0.05, 0.1) is 7.11 Å². The van der Waals surface area contributed by atoms with E-state index in [-0.39, 0.29) is 11.8 Å². The number of hydrogen-bond acceptors (Lipinski definition) is 4. The summed E-state index contributed by atoms with van der Waals surface area (Å²) in [6.45, 7) is 5.76. The number of likely N-dealkylation sites (tertiary alicyclic amines) is 2.